The van der Waals surface area contributed by atoms with E-state index in [-0.39, 0.29) is 11.7 Å². The third-order valence-corrected chi connectivity index (χ3v) is 3.39. The second kappa shape index (κ2) is 5.47. The molecule has 0 spiro atoms. The zero-order valence-corrected chi connectivity index (χ0v) is 11.3. The van der Waals surface area contributed by atoms with Crippen LogP contribution in [0.5, 0.6) is 0 Å². The second-order valence-electron chi connectivity index (χ2n) is 3.33. The summed E-state index contributed by atoms with van der Waals surface area (Å²) < 4.78 is 0.936. The predicted molar refractivity (Wildman–Crippen MR) is 76.5 cm³/mol. The molecule has 1 heterocycles. The van der Waals surface area contributed by atoms with Gasteiger partial charge in [-0.05, 0) is 30.4 Å². The molecule has 1 aromatic carbocycles. The number of benzene rings is 1. The lowest BCUT2D eigenvalue weighted by molar-refractivity contribution is -0.135. The Morgan fingerprint density at radius 3 is 3.06 bits per heavy atom. The Morgan fingerprint density at radius 1 is 1.56 bits per heavy atom. The zero-order chi connectivity index (χ0) is 13.1. The molecule has 1 aromatic heterocycles. The number of nitrogens with zero attached hydrogens (tertiary/aromatic N) is 1. The molecule has 94 valence electrons. The number of hydrogen-bond donors (Lipinski definition) is 3. The van der Waals surface area contributed by atoms with E-state index in [1.807, 2.05) is 12.1 Å². The van der Waals surface area contributed by atoms with Crippen molar-refractivity contribution in [2.24, 2.45) is 0 Å². The highest BCUT2D eigenvalue weighted by Crippen LogP contribution is 2.28. The Balaban J connectivity index is 2.07. The molecule has 0 amide bonds. The van der Waals surface area contributed by atoms with Crippen LogP contribution in [-0.4, -0.2) is 27.7 Å². The Kier molecular flexibility index (Phi) is 3.95. The Bertz CT molecular complexity index is 614. The van der Waals surface area contributed by atoms with Gasteiger partial charge in [-0.25, -0.2) is 4.98 Å². The van der Waals surface area contributed by atoms with Crippen molar-refractivity contribution >= 4 is 61.6 Å². The minimum Gasteiger partial charge on any atom is -0.480 e. The average molecular weight is 302 g/mol. The molecule has 0 aliphatic rings. The number of thiazole rings is 1. The van der Waals surface area contributed by atoms with Crippen LogP contribution in [0.15, 0.2) is 18.2 Å². The molecule has 0 radical (unpaired) electrons. The first-order chi connectivity index (χ1) is 8.54. The summed E-state index contributed by atoms with van der Waals surface area (Å²) >= 11 is 12.2. The molecule has 0 fully saturated rings. The van der Waals surface area contributed by atoms with Crippen LogP contribution in [0.25, 0.3) is 10.2 Å². The number of aromatic nitrogens is 1. The quantitative estimate of drug-likeness (QED) is 0.756. The molecule has 0 saturated heterocycles. The van der Waals surface area contributed by atoms with Gasteiger partial charge in [0.15, 0.2) is 10.2 Å². The number of thiocarbonyl (C=S) groups is 1. The van der Waals surface area contributed by atoms with Gasteiger partial charge in [-0.15, -0.1) is 0 Å². The first kappa shape index (κ1) is 13.0. The lowest BCUT2D eigenvalue weighted by Crippen LogP contribution is -2.32. The van der Waals surface area contributed by atoms with Gasteiger partial charge in [-0.1, -0.05) is 22.9 Å². The summed E-state index contributed by atoms with van der Waals surface area (Å²) in [6.45, 7) is -0.234. The highest BCUT2D eigenvalue weighted by Gasteiger charge is 2.06. The number of hydrogen-bond acceptors (Lipinski definition) is 4. The maximum absolute atomic E-state index is 10.4. The van der Waals surface area contributed by atoms with E-state index in [1.165, 1.54) is 11.3 Å². The average Bonchev–Trinajstić information content (AvgIpc) is 2.67. The summed E-state index contributed by atoms with van der Waals surface area (Å²) in [6.07, 6.45) is 0. The molecule has 0 bridgehead atoms. The van der Waals surface area contributed by atoms with Gasteiger partial charge in [-0.2, -0.15) is 0 Å². The number of halogens is 1. The number of fused-ring (bicyclic) bond motifs is 1. The number of rotatable bonds is 3. The van der Waals surface area contributed by atoms with Crippen molar-refractivity contribution < 1.29 is 9.90 Å². The van der Waals surface area contributed by atoms with Crippen LogP contribution >= 0.6 is 35.2 Å². The Hall–Kier alpha value is -1.44. The topological polar surface area (TPSA) is 74.2 Å². The van der Waals surface area contributed by atoms with Gasteiger partial charge >= 0.3 is 5.97 Å². The monoisotopic (exact) mass is 301 g/mol. The summed E-state index contributed by atoms with van der Waals surface area (Å²) in [5, 5.41) is 15.3. The fraction of sp³-hybridized carbons (Fsp3) is 0.100. The van der Waals surface area contributed by atoms with E-state index in [4.69, 9.17) is 28.9 Å². The van der Waals surface area contributed by atoms with E-state index in [0.717, 1.165) is 10.2 Å². The molecule has 5 nitrogen and oxygen atoms in total. The summed E-state index contributed by atoms with van der Waals surface area (Å²) in [5.41, 5.74) is 0.813. The predicted octanol–water partition coefficient (Wildman–Crippen LogP) is 2.32. The molecule has 0 aliphatic heterocycles. The van der Waals surface area contributed by atoms with Crippen LogP contribution in [0.1, 0.15) is 0 Å². The van der Waals surface area contributed by atoms with Crippen LogP contribution in [0.3, 0.4) is 0 Å². The van der Waals surface area contributed by atoms with E-state index in [0.29, 0.717) is 10.2 Å². The van der Waals surface area contributed by atoms with Crippen molar-refractivity contribution in [1.29, 1.82) is 0 Å². The first-order valence-corrected chi connectivity index (χ1v) is 6.47. The molecular formula is C10H8ClN3O2S2. The van der Waals surface area contributed by atoms with Crippen molar-refractivity contribution in [2.45, 2.75) is 0 Å². The van der Waals surface area contributed by atoms with Gasteiger partial charge in [0, 0.05) is 5.02 Å². The normalized spacial score (nSPS) is 10.3. The number of carboxylic acids is 1. The number of nitrogens with one attached hydrogen (secondary N) is 2. The van der Waals surface area contributed by atoms with Crippen molar-refractivity contribution in [3.63, 3.8) is 0 Å². The van der Waals surface area contributed by atoms with Crippen molar-refractivity contribution in [3.05, 3.63) is 23.2 Å². The van der Waals surface area contributed by atoms with E-state index in [2.05, 4.69) is 15.6 Å². The third-order valence-electron chi connectivity index (χ3n) is 1.97. The fourth-order valence-electron chi connectivity index (χ4n) is 1.25. The second-order valence-corrected chi connectivity index (χ2v) is 5.21. The molecule has 3 N–H and O–H groups in total. The number of aliphatic carboxylic acids is 1. The molecule has 0 saturated carbocycles. The van der Waals surface area contributed by atoms with Crippen LogP contribution < -0.4 is 10.6 Å². The van der Waals surface area contributed by atoms with Crippen LogP contribution in [0.2, 0.25) is 5.02 Å². The van der Waals surface area contributed by atoms with Gasteiger partial charge in [0.1, 0.15) is 6.54 Å². The number of anilines is 1. The SMILES string of the molecule is O=C(O)CNC(=S)Nc1nc2ccc(Cl)cc2s1. The Morgan fingerprint density at radius 2 is 2.33 bits per heavy atom. The van der Waals surface area contributed by atoms with Crippen molar-refractivity contribution in [3.8, 4) is 0 Å². The van der Waals surface area contributed by atoms with Crippen molar-refractivity contribution in [2.75, 3.05) is 11.9 Å². The van der Waals surface area contributed by atoms with Crippen LogP contribution in [0, 0.1) is 0 Å². The molecule has 0 unspecified atom stereocenters. The fourth-order valence-corrected chi connectivity index (χ4v) is 2.63. The standard InChI is InChI=1S/C10H8ClN3O2S2/c11-5-1-2-6-7(3-5)18-10(13-6)14-9(17)12-4-8(15)16/h1-3H,4H2,(H,15,16)(H2,12,13,14,17). The molecule has 0 aliphatic carbocycles. The van der Waals surface area contributed by atoms with E-state index < -0.39 is 5.97 Å². The maximum atomic E-state index is 10.4. The number of carboxylic acid groups (broad SMARTS) is 1. The smallest absolute Gasteiger partial charge is 0.322 e. The van der Waals surface area contributed by atoms with Crippen LogP contribution in [0.4, 0.5) is 5.13 Å². The maximum Gasteiger partial charge on any atom is 0.322 e. The summed E-state index contributed by atoms with van der Waals surface area (Å²) in [6, 6.07) is 5.38. The molecule has 2 rings (SSSR count). The lowest BCUT2D eigenvalue weighted by atomic mass is 10.3. The van der Waals surface area contributed by atoms with Gasteiger partial charge in [0.25, 0.3) is 0 Å². The van der Waals surface area contributed by atoms with Gasteiger partial charge in [0.05, 0.1) is 10.2 Å². The molecule has 0 atom stereocenters. The van der Waals surface area contributed by atoms with Gasteiger partial charge in [0.2, 0.25) is 0 Å². The first-order valence-electron chi connectivity index (χ1n) is 4.87. The third kappa shape index (κ3) is 3.28. The van der Waals surface area contributed by atoms with Gasteiger partial charge in [-0.3, -0.25) is 4.79 Å². The van der Waals surface area contributed by atoms with E-state index in [1.54, 1.807) is 6.07 Å². The summed E-state index contributed by atoms with van der Waals surface area (Å²) in [5.74, 6) is -0.977. The van der Waals surface area contributed by atoms with Crippen molar-refractivity contribution in [1.82, 2.24) is 10.3 Å². The Labute approximate surface area is 117 Å². The van der Waals surface area contributed by atoms with Gasteiger partial charge < -0.3 is 15.7 Å². The largest absolute Gasteiger partial charge is 0.480 e. The molecule has 2 aromatic rings. The molecule has 18 heavy (non-hydrogen) atoms. The minimum atomic E-state index is -0.977. The van der Waals surface area contributed by atoms with E-state index in [9.17, 15) is 4.79 Å². The highest BCUT2D eigenvalue weighted by atomic mass is 35.5. The van der Waals surface area contributed by atoms with E-state index >= 15 is 0 Å². The molecule has 8 heteroatoms. The van der Waals surface area contributed by atoms with Crippen LogP contribution in [-0.2, 0) is 4.79 Å². The summed E-state index contributed by atoms with van der Waals surface area (Å²) in [7, 11) is 0. The zero-order valence-electron chi connectivity index (χ0n) is 8.94. The summed E-state index contributed by atoms with van der Waals surface area (Å²) in [4.78, 5) is 14.7. The lowest BCUT2D eigenvalue weighted by Gasteiger charge is -2.04. The number of carbonyl (C=O) groups is 1. The molecular weight excluding hydrogens is 294 g/mol. The minimum absolute atomic E-state index is 0.225. The highest BCUT2D eigenvalue weighted by molar-refractivity contribution is 7.80.